The molecule has 14 amide bonds. The molecule has 0 aliphatic carbocycles. The van der Waals surface area contributed by atoms with Crippen LogP contribution in [-0.4, -0.2) is 248 Å². The van der Waals surface area contributed by atoms with E-state index in [-0.39, 0.29) is 36.2 Å². The van der Waals surface area contributed by atoms with Crippen LogP contribution in [-0.2, 0) is 109 Å². The Morgan fingerprint density at radius 1 is 0.580 bits per heavy atom. The number of aromatic nitrogens is 1. The second-order valence-electron chi connectivity index (χ2n) is 28.0. The lowest BCUT2D eigenvalue weighted by Crippen LogP contribution is -2.62. The predicted molar refractivity (Wildman–Crippen MR) is 416 cm³/mol. The number of anilines is 1. The van der Waals surface area contributed by atoms with E-state index in [0.29, 0.717) is 22.0 Å². The van der Waals surface area contributed by atoms with E-state index in [9.17, 15) is 121 Å². The number of aromatic amines is 1. The molecule has 0 radical (unpaired) electrons. The molecular weight excluding hydrogens is 1570 g/mol. The summed E-state index contributed by atoms with van der Waals surface area (Å²) in [4.78, 5) is 278. The smallest absolute Gasteiger partial charge is 0.329 e. The number of nitrogens with two attached hydrogens (primary N) is 3. The maximum Gasteiger partial charge on any atom is 0.329 e. The number of nitrogens with one attached hydrogen (secondary N) is 14. The third-order valence-electron chi connectivity index (χ3n) is 18.4. The zero-order valence-corrected chi connectivity index (χ0v) is 65.4. The van der Waals surface area contributed by atoms with Gasteiger partial charge in [-0.2, -0.15) is 0 Å². The second kappa shape index (κ2) is 46.7. The summed E-state index contributed by atoms with van der Waals surface area (Å²) in [5, 5.41) is 78.7. The molecule has 43 nitrogen and oxygen atoms in total. The van der Waals surface area contributed by atoms with Gasteiger partial charge in [-0.15, -0.1) is 0 Å². The van der Waals surface area contributed by atoms with Crippen LogP contribution in [0.5, 0.6) is 0 Å². The number of fused-ring (bicyclic) bond motifs is 1. The number of ether oxygens (including phenoxy) is 1. The number of unbranched alkanes of at least 4 members (excludes halogenated alkanes) is 1. The molecule has 1 aliphatic rings. The van der Waals surface area contributed by atoms with Crippen LogP contribution in [0.1, 0.15) is 126 Å². The third kappa shape index (κ3) is 31.1. The Bertz CT molecular complexity index is 4470. The quantitative estimate of drug-likeness (QED) is 0.00940. The van der Waals surface area contributed by atoms with Crippen LogP contribution in [0.2, 0.25) is 0 Å². The van der Waals surface area contributed by atoms with Crippen molar-refractivity contribution in [2.75, 3.05) is 32.0 Å². The lowest BCUT2D eigenvalue weighted by Gasteiger charge is -2.30. The zero-order valence-electron chi connectivity index (χ0n) is 65.4. The third-order valence-corrected chi connectivity index (χ3v) is 18.4. The lowest BCUT2D eigenvalue weighted by atomic mass is 9.96. The fourth-order valence-electron chi connectivity index (χ4n) is 12.0. The van der Waals surface area contributed by atoms with E-state index in [1.54, 1.807) is 48.7 Å². The van der Waals surface area contributed by atoms with E-state index in [2.05, 4.69) is 58.2 Å². The fourth-order valence-corrected chi connectivity index (χ4v) is 12.0. The van der Waals surface area contributed by atoms with Crippen molar-refractivity contribution in [1.82, 2.24) is 74.1 Å². The van der Waals surface area contributed by atoms with Gasteiger partial charge >= 0.3 is 29.8 Å². The van der Waals surface area contributed by atoms with Gasteiger partial charge in [-0.05, 0) is 99.9 Å². The largest absolute Gasteiger partial charge is 0.481 e. The topological polar surface area (TPSA) is 702 Å². The maximum absolute atomic E-state index is 14.9. The number of amides is 14. The molecule has 1 aliphatic heterocycles. The van der Waals surface area contributed by atoms with Crippen LogP contribution in [0.4, 0.5) is 5.69 Å². The number of H-pyrrole nitrogens is 1. The SMILES string of the molecule is CCCCc1ccc(/C=C(\C)C(=O)N[C@@H](Cc2c[nH]c3ccccc23)C(=O)N[C@@H](CC(N)=O)C(=O)N[C@@H](CC(=O)O)C(=O)N[C@@H]2C(=O)NCC(=O)N[C@@H](CCCN)C(=O)N[C@H](CC(=O)O)C(=O)N[C@H](C)C(=O)N[C@@H](CC(=O)O)C(=O)NCC(=O)N[C@H](CO)C(=O)N[C@@H]([C@@H](C)CC(=O)O)C(=O)N[C@@H](CC(=O)c3ccccc3N)C(=O)O[C@@H]2C)cc1. The van der Waals surface area contributed by atoms with E-state index in [1.165, 1.54) is 31.2 Å². The number of carboxylic acids is 4. The van der Waals surface area contributed by atoms with Crippen LogP contribution in [0.25, 0.3) is 17.0 Å². The monoisotopic (exact) mass is 1670 g/mol. The lowest BCUT2D eigenvalue weighted by molar-refractivity contribution is -0.156. The number of rotatable bonds is 32. The van der Waals surface area contributed by atoms with Gasteiger partial charge < -0.3 is 122 Å². The van der Waals surface area contributed by atoms with E-state index in [0.717, 1.165) is 45.6 Å². The van der Waals surface area contributed by atoms with Gasteiger partial charge in [0.2, 0.25) is 82.7 Å². The average Bonchev–Trinajstić information content (AvgIpc) is 1.65. The number of esters is 1. The molecule has 5 rings (SSSR count). The molecule has 43 heteroatoms. The van der Waals surface area contributed by atoms with Crippen LogP contribution in [0.3, 0.4) is 0 Å². The number of benzene rings is 3. The number of hydrogen-bond acceptors (Lipinski definition) is 24. The number of para-hydroxylation sites is 2. The standard InChI is InChI=1S/C76H99N17O26/c1-6-7-13-40-19-21-41(22-20-40)24-37(3)65(107)86-48(26-42-32-80-46-17-11-9-14-43(42)46)70(112)88-49(28-56(79)96)71(113)90-52(31-62(105)106)72(114)93-64-39(5)119-76(118)53(27-55(95)44-15-8-10-16-45(44)78)91-75(117)63(36(2)25-59(99)100)92-73(115)54(35-94)85-58(98)33-81-67(109)50(29-60(101)102)87-66(108)38(4)83-69(111)51(30-61(103)104)89-68(110)47(18-12-23-77)84-57(97)34-82-74(64)116/h8-11,14-17,19-22,24,32,36,38-39,47-54,63-64,80,94H,6-7,12-13,18,23,25-31,33-35,77-78H2,1-5H3,(H2,79,96)(H,81,109)(H,82,116)(H,83,111)(H,84,97)(H,85,98)(H,86,107)(H,87,108)(H,88,112)(H,89,110)(H,90,113)(H,91,117)(H,92,115)(H,93,114)(H,99,100)(H,101,102)(H,103,104)(H,105,106)/b37-24+/t36-,38+,39+,47-,48-,49-,50-,51+,52-,53-,54+,63-,64-/m0/s1. The molecule has 1 fully saturated rings. The zero-order chi connectivity index (χ0) is 88.5. The van der Waals surface area contributed by atoms with Crippen molar-refractivity contribution in [3.8, 4) is 0 Å². The minimum absolute atomic E-state index is 0.0998. The summed E-state index contributed by atoms with van der Waals surface area (Å²) >= 11 is 0. The summed E-state index contributed by atoms with van der Waals surface area (Å²) in [5.41, 5.74) is 19.9. The molecule has 0 bridgehead atoms. The molecule has 0 saturated carbocycles. The predicted octanol–water partition coefficient (Wildman–Crippen LogP) is -5.32. The van der Waals surface area contributed by atoms with Gasteiger partial charge in [0.1, 0.15) is 72.6 Å². The van der Waals surface area contributed by atoms with Gasteiger partial charge in [-0.1, -0.05) is 74.9 Å². The van der Waals surface area contributed by atoms with Gasteiger partial charge in [0, 0.05) is 46.8 Å². The number of aliphatic carboxylic acids is 4. The van der Waals surface area contributed by atoms with Crippen molar-refractivity contribution in [2.24, 2.45) is 17.4 Å². The maximum atomic E-state index is 14.9. The number of carbonyl (C=O) groups is 20. The fraction of sp³-hybridized carbons (Fsp3) is 0.447. The molecule has 0 spiro atoms. The van der Waals surface area contributed by atoms with Gasteiger partial charge in [0.05, 0.1) is 51.8 Å². The molecule has 1 saturated heterocycles. The molecule has 0 unspecified atom stereocenters. The molecule has 1 aromatic heterocycles. The molecule has 3 aromatic carbocycles. The minimum Gasteiger partial charge on any atom is -0.481 e. The number of hydrogen-bond donors (Lipinski definition) is 22. The van der Waals surface area contributed by atoms with Crippen LogP contribution in [0, 0.1) is 5.92 Å². The molecule has 644 valence electrons. The Labute approximate surface area is 679 Å². The summed E-state index contributed by atoms with van der Waals surface area (Å²) in [6, 6.07) is -3.47. The summed E-state index contributed by atoms with van der Waals surface area (Å²) in [6.07, 6.45) is -4.21. The number of primary amides is 1. The Kier molecular flexibility index (Phi) is 37.6. The number of carbonyl (C=O) groups excluding carboxylic acids is 16. The summed E-state index contributed by atoms with van der Waals surface area (Å²) in [5.74, 6) is -30.2. The number of Topliss-reactive ketones (excluding diaryl/α,β-unsaturated/α-hetero) is 1. The Balaban J connectivity index is 1.61. The summed E-state index contributed by atoms with van der Waals surface area (Å²) in [7, 11) is 0. The first-order chi connectivity index (χ1) is 56.2. The average molecular weight is 1670 g/mol. The molecule has 25 N–H and O–H groups in total. The van der Waals surface area contributed by atoms with E-state index < -0.39 is 261 Å². The second-order valence-corrected chi connectivity index (χ2v) is 28.0. The van der Waals surface area contributed by atoms with Crippen molar-refractivity contribution in [3.05, 3.63) is 107 Å². The van der Waals surface area contributed by atoms with Crippen molar-refractivity contribution < 1.29 is 126 Å². The molecule has 13 atom stereocenters. The van der Waals surface area contributed by atoms with Crippen molar-refractivity contribution in [2.45, 2.75) is 184 Å². The Hall–Kier alpha value is -13.7. The van der Waals surface area contributed by atoms with Crippen molar-refractivity contribution in [1.29, 1.82) is 0 Å². The van der Waals surface area contributed by atoms with Gasteiger partial charge in [0.15, 0.2) is 5.78 Å². The Morgan fingerprint density at radius 3 is 1.73 bits per heavy atom. The van der Waals surface area contributed by atoms with E-state index >= 15 is 0 Å². The normalized spacial score (nSPS) is 21.0. The molecule has 2 heterocycles. The highest BCUT2D eigenvalue weighted by atomic mass is 16.5. The summed E-state index contributed by atoms with van der Waals surface area (Å²) < 4.78 is 5.69. The number of cyclic esters (lactones) is 1. The van der Waals surface area contributed by atoms with Crippen LogP contribution >= 0.6 is 0 Å². The van der Waals surface area contributed by atoms with Crippen LogP contribution in [0.15, 0.2) is 84.6 Å². The Morgan fingerprint density at radius 2 is 1.13 bits per heavy atom. The highest BCUT2D eigenvalue weighted by Gasteiger charge is 2.41. The van der Waals surface area contributed by atoms with E-state index in [1.807, 2.05) is 35.0 Å². The minimum atomic E-state index is -2.47. The summed E-state index contributed by atoms with van der Waals surface area (Å²) in [6.45, 7) is 2.54. The molecule has 119 heavy (non-hydrogen) atoms. The highest BCUT2D eigenvalue weighted by molar-refractivity contribution is 6.06. The number of nitrogen functional groups attached to an aromatic ring is 1. The number of carboxylic acid groups (broad SMARTS) is 4. The van der Waals surface area contributed by atoms with Gasteiger partial charge in [0.25, 0.3) is 0 Å². The van der Waals surface area contributed by atoms with Gasteiger partial charge in [-0.3, -0.25) is 91.1 Å². The molecular formula is C76H99N17O26. The number of aliphatic hydroxyl groups excluding tert-OH is 1. The van der Waals surface area contributed by atoms with Gasteiger partial charge in [-0.25, -0.2) is 4.79 Å². The number of aliphatic hydroxyl groups is 1. The first kappa shape index (κ1) is 95.8. The first-order valence-corrected chi connectivity index (χ1v) is 37.5. The molecule has 4 aromatic rings. The number of aryl methyl sites for hydroxylation is 1. The van der Waals surface area contributed by atoms with E-state index in [4.69, 9.17) is 21.9 Å². The first-order valence-electron chi connectivity index (χ1n) is 37.5. The van der Waals surface area contributed by atoms with Crippen LogP contribution < -0.4 is 86.3 Å². The number of ketones is 1. The highest BCUT2D eigenvalue weighted by Crippen LogP contribution is 2.22. The van der Waals surface area contributed by atoms with Crippen molar-refractivity contribution in [3.63, 3.8) is 0 Å². The van der Waals surface area contributed by atoms with Crippen molar-refractivity contribution >= 4 is 141 Å².